The van der Waals surface area contributed by atoms with Gasteiger partial charge in [-0.25, -0.2) is 14.4 Å². The van der Waals surface area contributed by atoms with E-state index in [0.717, 1.165) is 11.1 Å². The van der Waals surface area contributed by atoms with Gasteiger partial charge in [-0.2, -0.15) is 0 Å². The van der Waals surface area contributed by atoms with Crippen LogP contribution in [0.3, 0.4) is 0 Å². The van der Waals surface area contributed by atoms with Gasteiger partial charge in [0.15, 0.2) is 0 Å². The van der Waals surface area contributed by atoms with Gasteiger partial charge in [0.05, 0.1) is 38.1 Å². The summed E-state index contributed by atoms with van der Waals surface area (Å²) in [5, 5.41) is 3.58. The highest BCUT2D eigenvalue weighted by Gasteiger charge is 2.25. The minimum absolute atomic E-state index is 0.212. The van der Waals surface area contributed by atoms with Crippen molar-refractivity contribution in [3.63, 3.8) is 0 Å². The molecule has 1 fully saturated rings. The van der Waals surface area contributed by atoms with Crippen molar-refractivity contribution in [3.05, 3.63) is 99.6 Å². The third-order valence-corrected chi connectivity index (χ3v) is 7.38. The van der Waals surface area contributed by atoms with E-state index in [1.807, 2.05) is 36.4 Å². The lowest BCUT2D eigenvalue weighted by molar-refractivity contribution is 0.00592. The predicted molar refractivity (Wildman–Crippen MR) is 156 cm³/mol. The van der Waals surface area contributed by atoms with E-state index in [1.54, 1.807) is 42.2 Å². The van der Waals surface area contributed by atoms with Crippen molar-refractivity contribution in [1.29, 1.82) is 0 Å². The number of anilines is 1. The Morgan fingerprint density at radius 2 is 1.54 bits per heavy atom. The number of nitrogens with one attached hydrogen (secondary N) is 1. The number of methoxy groups -OCH3 is 2. The van der Waals surface area contributed by atoms with Crippen LogP contribution in [0.25, 0.3) is 0 Å². The number of halogens is 1. The SMILES string of the molecule is COC(=O)c1ccc(COC(CN2CCN(C(=O)Nc3cccc(C(=O)OC)c3C)CC2)c2ccc(Cl)cc2)cc1. The van der Waals surface area contributed by atoms with E-state index in [1.165, 1.54) is 14.2 Å². The van der Waals surface area contributed by atoms with Crippen molar-refractivity contribution in [2.24, 2.45) is 0 Å². The summed E-state index contributed by atoms with van der Waals surface area (Å²) in [6.07, 6.45) is -0.225. The fourth-order valence-electron chi connectivity index (χ4n) is 4.65. The second-order valence-electron chi connectivity index (χ2n) is 9.73. The van der Waals surface area contributed by atoms with Crippen LogP contribution in [-0.2, 0) is 20.8 Å². The lowest BCUT2D eigenvalue weighted by Gasteiger charge is -2.36. The number of rotatable bonds is 9. The largest absolute Gasteiger partial charge is 0.465 e. The van der Waals surface area contributed by atoms with Crippen molar-refractivity contribution in [2.45, 2.75) is 19.6 Å². The van der Waals surface area contributed by atoms with Gasteiger partial charge in [0.25, 0.3) is 0 Å². The minimum atomic E-state index is -0.442. The van der Waals surface area contributed by atoms with Crippen LogP contribution in [-0.4, -0.2) is 74.7 Å². The maximum atomic E-state index is 13.0. The third-order valence-electron chi connectivity index (χ3n) is 7.13. The van der Waals surface area contributed by atoms with Gasteiger partial charge in [0, 0.05) is 43.4 Å². The number of hydrogen-bond acceptors (Lipinski definition) is 7. The van der Waals surface area contributed by atoms with Crippen molar-refractivity contribution in [1.82, 2.24) is 9.80 Å². The number of urea groups is 1. The maximum Gasteiger partial charge on any atom is 0.338 e. The molecule has 1 N–H and O–H groups in total. The molecule has 0 saturated carbocycles. The average molecular weight is 580 g/mol. The van der Waals surface area contributed by atoms with Crippen molar-refractivity contribution in [3.8, 4) is 0 Å². The number of carbonyl (C=O) groups is 3. The number of nitrogens with zero attached hydrogens (tertiary/aromatic N) is 2. The van der Waals surface area contributed by atoms with Crippen LogP contribution in [0.1, 0.15) is 43.5 Å². The molecule has 1 aliphatic rings. The zero-order chi connectivity index (χ0) is 29.4. The lowest BCUT2D eigenvalue weighted by atomic mass is 10.1. The van der Waals surface area contributed by atoms with Crippen LogP contribution in [0.15, 0.2) is 66.7 Å². The Kier molecular flexibility index (Phi) is 10.3. The van der Waals surface area contributed by atoms with E-state index in [-0.39, 0.29) is 18.1 Å². The topological polar surface area (TPSA) is 97.4 Å². The first kappa shape index (κ1) is 30.0. The molecule has 3 aromatic carbocycles. The molecule has 9 nitrogen and oxygen atoms in total. The van der Waals surface area contributed by atoms with E-state index in [2.05, 4.69) is 10.2 Å². The van der Waals surface area contributed by atoms with Crippen LogP contribution in [0, 0.1) is 6.92 Å². The molecular weight excluding hydrogens is 546 g/mol. The Balaban J connectivity index is 1.36. The maximum absolute atomic E-state index is 13.0. The number of carbonyl (C=O) groups excluding carboxylic acids is 3. The molecular formula is C31H34ClN3O6. The molecule has 1 aliphatic heterocycles. The summed E-state index contributed by atoms with van der Waals surface area (Å²) in [5.41, 5.74) is 4.08. The fraction of sp³-hybridized carbons (Fsp3) is 0.323. The fourth-order valence-corrected chi connectivity index (χ4v) is 4.77. The summed E-state index contributed by atoms with van der Waals surface area (Å²) in [6.45, 7) is 5.22. The van der Waals surface area contributed by atoms with Crippen molar-refractivity contribution < 1.29 is 28.6 Å². The van der Waals surface area contributed by atoms with Crippen LogP contribution in [0.5, 0.6) is 0 Å². The third kappa shape index (κ3) is 7.85. The van der Waals surface area contributed by atoms with Gasteiger partial charge in [0.2, 0.25) is 0 Å². The van der Waals surface area contributed by atoms with Gasteiger partial charge in [-0.1, -0.05) is 41.9 Å². The number of benzene rings is 3. The first-order valence-corrected chi connectivity index (χ1v) is 13.7. The molecule has 216 valence electrons. The second kappa shape index (κ2) is 14.1. The molecule has 0 bridgehead atoms. The summed E-state index contributed by atoms with van der Waals surface area (Å²) < 4.78 is 16.0. The standard InChI is InChI=1S/C31H34ClN3O6/c1-21-26(30(37)40-3)5-4-6-27(21)33-31(38)35-17-15-34(16-18-35)19-28(23-11-13-25(32)14-12-23)41-20-22-7-9-24(10-8-22)29(36)39-2/h4-14,28H,15-20H2,1-3H3,(H,33,38). The molecule has 0 aliphatic carbocycles. The quantitative estimate of drug-likeness (QED) is 0.342. The Labute approximate surface area is 244 Å². The number of ether oxygens (including phenoxy) is 3. The molecule has 2 amide bonds. The van der Waals surface area contributed by atoms with Crippen molar-refractivity contribution >= 4 is 35.3 Å². The zero-order valence-corrected chi connectivity index (χ0v) is 24.1. The van der Waals surface area contributed by atoms with Gasteiger partial charge < -0.3 is 24.4 Å². The van der Waals surface area contributed by atoms with Crippen LogP contribution in [0.4, 0.5) is 10.5 Å². The van der Waals surface area contributed by atoms with E-state index in [4.69, 9.17) is 25.8 Å². The first-order chi connectivity index (χ1) is 19.8. The Morgan fingerprint density at radius 1 is 0.878 bits per heavy atom. The molecule has 10 heteroatoms. The summed E-state index contributed by atoms with van der Waals surface area (Å²) in [6, 6.07) is 19.7. The molecule has 1 atom stereocenters. The molecule has 41 heavy (non-hydrogen) atoms. The number of amides is 2. The van der Waals surface area contributed by atoms with Gasteiger partial charge in [-0.15, -0.1) is 0 Å². The molecule has 3 aromatic rings. The smallest absolute Gasteiger partial charge is 0.338 e. The van der Waals surface area contributed by atoms with Gasteiger partial charge in [0.1, 0.15) is 0 Å². The summed E-state index contributed by atoms with van der Waals surface area (Å²) in [7, 11) is 2.69. The van der Waals surface area contributed by atoms with E-state index >= 15 is 0 Å². The molecule has 1 heterocycles. The summed E-state index contributed by atoms with van der Waals surface area (Å²) in [4.78, 5) is 40.8. The van der Waals surface area contributed by atoms with Crippen molar-refractivity contribution in [2.75, 3.05) is 52.3 Å². The highest BCUT2D eigenvalue weighted by atomic mass is 35.5. The van der Waals surface area contributed by atoms with E-state index < -0.39 is 5.97 Å². The van der Waals surface area contributed by atoms with Crippen LogP contribution in [0.2, 0.25) is 5.02 Å². The molecule has 1 unspecified atom stereocenters. The van der Waals surface area contributed by atoms with Gasteiger partial charge in [-0.05, 0) is 60.0 Å². The Morgan fingerprint density at radius 3 is 2.17 bits per heavy atom. The van der Waals surface area contributed by atoms with E-state index in [9.17, 15) is 14.4 Å². The highest BCUT2D eigenvalue weighted by molar-refractivity contribution is 6.30. The monoisotopic (exact) mass is 579 g/mol. The minimum Gasteiger partial charge on any atom is -0.465 e. The second-order valence-corrected chi connectivity index (χ2v) is 10.2. The molecule has 4 rings (SSSR count). The Hall–Kier alpha value is -3.92. The van der Waals surface area contributed by atoms with Gasteiger partial charge in [-0.3, -0.25) is 4.90 Å². The number of piperazine rings is 1. The molecule has 0 radical (unpaired) electrons. The van der Waals surface area contributed by atoms with Crippen LogP contribution >= 0.6 is 11.6 Å². The average Bonchev–Trinajstić information content (AvgIpc) is 3.00. The number of esters is 2. The van der Waals surface area contributed by atoms with Crippen LogP contribution < -0.4 is 5.32 Å². The zero-order valence-electron chi connectivity index (χ0n) is 23.4. The summed E-state index contributed by atoms with van der Waals surface area (Å²) in [5.74, 6) is -0.822. The normalized spacial score (nSPS) is 14.3. The summed E-state index contributed by atoms with van der Waals surface area (Å²) >= 11 is 6.12. The molecule has 0 spiro atoms. The molecule has 0 aromatic heterocycles. The van der Waals surface area contributed by atoms with Gasteiger partial charge >= 0.3 is 18.0 Å². The highest BCUT2D eigenvalue weighted by Crippen LogP contribution is 2.24. The van der Waals surface area contributed by atoms with E-state index in [0.29, 0.717) is 66.7 Å². The Bertz CT molecular complexity index is 1360. The lowest BCUT2D eigenvalue weighted by Crippen LogP contribution is -2.50. The number of hydrogen-bond donors (Lipinski definition) is 1. The molecule has 1 saturated heterocycles. The first-order valence-electron chi connectivity index (χ1n) is 13.3. The predicted octanol–water partition coefficient (Wildman–Crippen LogP) is 5.33.